The molecule has 0 aliphatic heterocycles. The molecule has 1 atom stereocenters. The predicted octanol–water partition coefficient (Wildman–Crippen LogP) is 4.31. The fourth-order valence-electron chi connectivity index (χ4n) is 2.86. The Morgan fingerprint density at radius 1 is 1.48 bits per heavy atom. The number of non-ortho nitro benzene ring substituents is 1. The first kappa shape index (κ1) is 16.3. The van der Waals surface area contributed by atoms with Crippen LogP contribution in [-0.2, 0) is 0 Å². The Balaban J connectivity index is 2.07. The summed E-state index contributed by atoms with van der Waals surface area (Å²) in [4.78, 5) is 10.6. The van der Waals surface area contributed by atoms with Crippen molar-refractivity contribution in [1.29, 1.82) is 0 Å². The van der Waals surface area contributed by atoms with Gasteiger partial charge in [0.15, 0.2) is 0 Å². The van der Waals surface area contributed by atoms with Crippen LogP contribution in [0.1, 0.15) is 50.6 Å². The zero-order chi connectivity index (χ0) is 15.3. The van der Waals surface area contributed by atoms with E-state index < -0.39 is 0 Å². The lowest BCUT2D eigenvalue weighted by atomic mass is 9.83. The van der Waals surface area contributed by atoms with E-state index in [1.165, 1.54) is 19.3 Å². The summed E-state index contributed by atoms with van der Waals surface area (Å²) < 4.78 is 0.382. The molecular formula is C16H24N2O2S. The molecule has 1 aromatic carbocycles. The third kappa shape index (κ3) is 3.98. The van der Waals surface area contributed by atoms with Gasteiger partial charge in [0.2, 0.25) is 0 Å². The topological polar surface area (TPSA) is 55.2 Å². The molecule has 1 N–H and O–H groups in total. The molecule has 0 saturated heterocycles. The molecule has 0 radical (unpaired) electrons. The second-order valence-electron chi connectivity index (χ2n) is 5.81. The second kappa shape index (κ2) is 7.27. The molecule has 21 heavy (non-hydrogen) atoms. The molecule has 1 aliphatic rings. The van der Waals surface area contributed by atoms with Gasteiger partial charge in [0.05, 0.1) is 4.92 Å². The van der Waals surface area contributed by atoms with Gasteiger partial charge in [-0.2, -0.15) is 11.8 Å². The Bertz CT molecular complexity index is 483. The number of hydrogen-bond donors (Lipinski definition) is 1. The molecule has 0 amide bonds. The molecular weight excluding hydrogens is 284 g/mol. The van der Waals surface area contributed by atoms with Crippen LogP contribution in [0.3, 0.4) is 0 Å². The maximum Gasteiger partial charge on any atom is 0.269 e. The molecule has 5 heteroatoms. The third-order valence-corrected chi connectivity index (χ3v) is 5.85. The zero-order valence-corrected chi connectivity index (χ0v) is 13.6. The van der Waals surface area contributed by atoms with E-state index in [9.17, 15) is 10.1 Å². The molecule has 0 heterocycles. The molecule has 4 nitrogen and oxygen atoms in total. The minimum Gasteiger partial charge on any atom is -0.309 e. The lowest BCUT2D eigenvalue weighted by Gasteiger charge is -2.41. The molecule has 0 bridgehead atoms. The number of nitrogens with one attached hydrogen (secondary N) is 1. The molecule has 1 aromatic rings. The highest BCUT2D eigenvalue weighted by atomic mass is 32.2. The lowest BCUT2D eigenvalue weighted by molar-refractivity contribution is -0.384. The van der Waals surface area contributed by atoms with E-state index in [1.807, 2.05) is 17.8 Å². The molecule has 2 rings (SSSR count). The summed E-state index contributed by atoms with van der Waals surface area (Å²) in [6, 6.07) is 7.25. The van der Waals surface area contributed by atoms with Gasteiger partial charge in [0, 0.05) is 29.5 Å². The van der Waals surface area contributed by atoms with E-state index in [0.717, 1.165) is 24.9 Å². The van der Waals surface area contributed by atoms with Gasteiger partial charge in [-0.3, -0.25) is 10.1 Å². The van der Waals surface area contributed by atoms with Crippen molar-refractivity contribution in [1.82, 2.24) is 5.32 Å². The van der Waals surface area contributed by atoms with Crippen molar-refractivity contribution >= 4 is 17.4 Å². The SMILES string of the molecule is CCCC(NCC1(SC)CCC1)c1cccc([N+](=O)[O-])c1. The summed E-state index contributed by atoms with van der Waals surface area (Å²) in [5.41, 5.74) is 1.21. The smallest absolute Gasteiger partial charge is 0.269 e. The van der Waals surface area contributed by atoms with Crippen LogP contribution in [0.4, 0.5) is 5.69 Å². The Morgan fingerprint density at radius 3 is 2.76 bits per heavy atom. The Morgan fingerprint density at radius 2 is 2.24 bits per heavy atom. The van der Waals surface area contributed by atoms with Gasteiger partial charge in [-0.1, -0.05) is 31.9 Å². The van der Waals surface area contributed by atoms with E-state index in [1.54, 1.807) is 18.2 Å². The number of benzene rings is 1. The third-order valence-electron chi connectivity index (χ3n) is 4.43. The summed E-state index contributed by atoms with van der Waals surface area (Å²) in [5.74, 6) is 0. The number of nitro benzene ring substituents is 1. The summed E-state index contributed by atoms with van der Waals surface area (Å²) in [5, 5.41) is 14.6. The number of thioether (sulfide) groups is 1. The Labute approximate surface area is 130 Å². The van der Waals surface area contributed by atoms with Crippen molar-refractivity contribution in [3.63, 3.8) is 0 Å². The second-order valence-corrected chi connectivity index (χ2v) is 7.09. The minimum absolute atomic E-state index is 0.179. The van der Waals surface area contributed by atoms with Crippen molar-refractivity contribution in [2.45, 2.75) is 49.8 Å². The van der Waals surface area contributed by atoms with E-state index in [4.69, 9.17) is 0 Å². The fourth-order valence-corrected chi connectivity index (χ4v) is 3.79. The number of rotatable bonds is 8. The van der Waals surface area contributed by atoms with Gasteiger partial charge in [0.25, 0.3) is 5.69 Å². The first-order valence-corrected chi connectivity index (χ1v) is 8.85. The highest BCUT2D eigenvalue weighted by Crippen LogP contribution is 2.42. The zero-order valence-electron chi connectivity index (χ0n) is 12.8. The van der Waals surface area contributed by atoms with Crippen LogP contribution in [0.5, 0.6) is 0 Å². The van der Waals surface area contributed by atoms with Crippen LogP contribution in [0.15, 0.2) is 24.3 Å². The Hall–Kier alpha value is -1.07. The van der Waals surface area contributed by atoms with Crippen molar-refractivity contribution in [2.24, 2.45) is 0 Å². The highest BCUT2D eigenvalue weighted by molar-refractivity contribution is 8.00. The Kier molecular flexibility index (Phi) is 5.65. The van der Waals surface area contributed by atoms with Crippen molar-refractivity contribution in [3.8, 4) is 0 Å². The largest absolute Gasteiger partial charge is 0.309 e. The van der Waals surface area contributed by atoms with E-state index >= 15 is 0 Å². The average molecular weight is 308 g/mol. The number of hydrogen-bond acceptors (Lipinski definition) is 4. The van der Waals surface area contributed by atoms with Gasteiger partial charge in [-0.25, -0.2) is 0 Å². The maximum atomic E-state index is 10.9. The van der Waals surface area contributed by atoms with Crippen molar-refractivity contribution in [2.75, 3.05) is 12.8 Å². The van der Waals surface area contributed by atoms with Crippen LogP contribution in [0, 0.1) is 10.1 Å². The standard InChI is InChI=1S/C16H24N2O2S/c1-3-6-15(17-12-16(21-2)9-5-10-16)13-7-4-8-14(11-13)18(19)20/h4,7-8,11,15,17H,3,5-6,9-10,12H2,1-2H3. The molecule has 1 aliphatic carbocycles. The maximum absolute atomic E-state index is 10.9. The molecule has 1 saturated carbocycles. The van der Waals surface area contributed by atoms with Crippen LogP contribution in [0.2, 0.25) is 0 Å². The van der Waals surface area contributed by atoms with E-state index in [2.05, 4.69) is 18.5 Å². The summed E-state index contributed by atoms with van der Waals surface area (Å²) in [7, 11) is 0. The van der Waals surface area contributed by atoms with Crippen molar-refractivity contribution < 1.29 is 4.92 Å². The fraction of sp³-hybridized carbons (Fsp3) is 0.625. The van der Waals surface area contributed by atoms with Gasteiger partial charge in [-0.05, 0) is 31.1 Å². The monoisotopic (exact) mass is 308 g/mol. The summed E-state index contributed by atoms with van der Waals surface area (Å²) in [6.45, 7) is 3.14. The summed E-state index contributed by atoms with van der Waals surface area (Å²) in [6.07, 6.45) is 8.11. The molecule has 1 unspecified atom stereocenters. The predicted molar refractivity (Wildman–Crippen MR) is 88.8 cm³/mol. The van der Waals surface area contributed by atoms with Crippen LogP contribution < -0.4 is 5.32 Å². The van der Waals surface area contributed by atoms with Crippen LogP contribution >= 0.6 is 11.8 Å². The van der Waals surface area contributed by atoms with E-state index in [-0.39, 0.29) is 16.7 Å². The normalized spacial score (nSPS) is 18.0. The van der Waals surface area contributed by atoms with Crippen LogP contribution in [-0.4, -0.2) is 22.5 Å². The lowest BCUT2D eigenvalue weighted by Crippen LogP contribution is -2.44. The van der Waals surface area contributed by atoms with Gasteiger partial charge >= 0.3 is 0 Å². The summed E-state index contributed by atoms with van der Waals surface area (Å²) >= 11 is 1.95. The van der Waals surface area contributed by atoms with Gasteiger partial charge in [-0.15, -0.1) is 0 Å². The van der Waals surface area contributed by atoms with Gasteiger partial charge in [0.1, 0.15) is 0 Å². The van der Waals surface area contributed by atoms with E-state index in [0.29, 0.717) is 4.75 Å². The first-order valence-electron chi connectivity index (χ1n) is 7.63. The average Bonchev–Trinajstić information content (AvgIpc) is 2.45. The highest BCUT2D eigenvalue weighted by Gasteiger charge is 2.36. The first-order chi connectivity index (χ1) is 10.1. The van der Waals surface area contributed by atoms with Crippen molar-refractivity contribution in [3.05, 3.63) is 39.9 Å². The molecule has 0 aromatic heterocycles. The van der Waals surface area contributed by atoms with Gasteiger partial charge < -0.3 is 5.32 Å². The minimum atomic E-state index is -0.318. The van der Waals surface area contributed by atoms with Crippen LogP contribution in [0.25, 0.3) is 0 Å². The quantitative estimate of drug-likeness (QED) is 0.574. The molecule has 116 valence electrons. The molecule has 1 fully saturated rings. The number of nitro groups is 1. The molecule has 0 spiro atoms. The number of nitrogens with zero attached hydrogens (tertiary/aromatic N) is 1.